The molecule has 136 valence electrons. The van der Waals surface area contributed by atoms with Crippen LogP contribution in [-0.2, 0) is 6.54 Å². The molecule has 0 bridgehead atoms. The lowest BCUT2D eigenvalue weighted by Crippen LogP contribution is -2.38. The van der Waals surface area contributed by atoms with Crippen LogP contribution in [0.5, 0.6) is 5.75 Å². The van der Waals surface area contributed by atoms with Gasteiger partial charge in [-0.2, -0.15) is 8.78 Å². The molecule has 1 saturated carbocycles. The third kappa shape index (κ3) is 7.63. The van der Waals surface area contributed by atoms with Gasteiger partial charge in [0.05, 0.1) is 0 Å². The van der Waals surface area contributed by atoms with Crippen LogP contribution < -0.4 is 10.1 Å². The third-order valence-electron chi connectivity index (χ3n) is 3.91. The van der Waals surface area contributed by atoms with E-state index in [1.54, 1.807) is 31.3 Å². The average molecular weight is 453 g/mol. The molecule has 1 aromatic carbocycles. The normalized spacial score (nSPS) is 14.3. The van der Waals surface area contributed by atoms with Crippen molar-refractivity contribution in [1.29, 1.82) is 0 Å². The zero-order chi connectivity index (χ0) is 16.7. The summed E-state index contributed by atoms with van der Waals surface area (Å²) >= 11 is 0. The summed E-state index contributed by atoms with van der Waals surface area (Å²) in [6, 6.07) is 6.69. The molecule has 1 aliphatic carbocycles. The van der Waals surface area contributed by atoms with Gasteiger partial charge in [-0.15, -0.1) is 24.0 Å². The van der Waals surface area contributed by atoms with Gasteiger partial charge in [-0.1, -0.05) is 25.0 Å². The Hall–Kier alpha value is -1.12. The van der Waals surface area contributed by atoms with E-state index in [1.165, 1.54) is 19.3 Å². The van der Waals surface area contributed by atoms with Crippen molar-refractivity contribution >= 4 is 29.9 Å². The van der Waals surface area contributed by atoms with E-state index < -0.39 is 6.61 Å². The highest BCUT2D eigenvalue weighted by molar-refractivity contribution is 14.0. The van der Waals surface area contributed by atoms with Crippen LogP contribution in [0.25, 0.3) is 0 Å². The fourth-order valence-electron chi connectivity index (χ4n) is 2.51. The molecule has 0 radical (unpaired) electrons. The number of halogens is 3. The van der Waals surface area contributed by atoms with E-state index in [1.807, 2.05) is 11.9 Å². The van der Waals surface area contributed by atoms with E-state index in [9.17, 15) is 8.78 Å². The summed E-state index contributed by atoms with van der Waals surface area (Å²) in [4.78, 5) is 6.29. The maximum absolute atomic E-state index is 12.1. The van der Waals surface area contributed by atoms with E-state index in [-0.39, 0.29) is 29.7 Å². The standard InChI is InChI=1S/C17H25F2N3O.HI/c1-20-17(21-11-3-4-13-5-6-13)22(2)12-14-7-9-15(10-8-14)23-16(18)19;/h7-10,13,16H,3-6,11-12H2,1-2H3,(H,20,21);1H. The molecule has 0 spiro atoms. The van der Waals surface area contributed by atoms with Crippen molar-refractivity contribution in [3.8, 4) is 5.75 Å². The largest absolute Gasteiger partial charge is 0.435 e. The highest BCUT2D eigenvalue weighted by Gasteiger charge is 2.20. The van der Waals surface area contributed by atoms with Gasteiger partial charge in [-0.25, -0.2) is 0 Å². The molecule has 24 heavy (non-hydrogen) atoms. The zero-order valence-corrected chi connectivity index (χ0v) is 16.5. The lowest BCUT2D eigenvalue weighted by atomic mass is 10.2. The van der Waals surface area contributed by atoms with Crippen LogP contribution in [0.2, 0.25) is 0 Å². The molecule has 0 saturated heterocycles. The Bertz CT molecular complexity index is 507. The summed E-state index contributed by atoms with van der Waals surface area (Å²) in [6.07, 6.45) is 5.23. The molecule has 0 atom stereocenters. The van der Waals surface area contributed by atoms with Crippen LogP contribution >= 0.6 is 24.0 Å². The monoisotopic (exact) mass is 453 g/mol. The second kappa shape index (κ2) is 10.7. The number of aliphatic imine (C=N–C) groups is 1. The van der Waals surface area contributed by atoms with Crippen LogP contribution in [0.15, 0.2) is 29.3 Å². The van der Waals surface area contributed by atoms with Crippen LogP contribution in [0.4, 0.5) is 8.78 Å². The first-order valence-electron chi connectivity index (χ1n) is 8.04. The Morgan fingerprint density at radius 2 is 2.00 bits per heavy atom. The number of benzene rings is 1. The van der Waals surface area contributed by atoms with Gasteiger partial charge >= 0.3 is 6.61 Å². The Kier molecular flexibility index (Phi) is 9.31. The van der Waals surface area contributed by atoms with Gasteiger partial charge in [0.1, 0.15) is 5.75 Å². The van der Waals surface area contributed by atoms with Crippen LogP contribution in [-0.4, -0.2) is 38.1 Å². The summed E-state index contributed by atoms with van der Waals surface area (Å²) in [6.45, 7) is -1.21. The second-order valence-corrected chi connectivity index (χ2v) is 5.94. The molecule has 0 heterocycles. The quantitative estimate of drug-likeness (QED) is 0.279. The number of hydrogen-bond donors (Lipinski definition) is 1. The number of nitrogens with one attached hydrogen (secondary N) is 1. The van der Waals surface area contributed by atoms with Crippen molar-refractivity contribution in [2.45, 2.75) is 38.8 Å². The van der Waals surface area contributed by atoms with Crippen LogP contribution in [0, 0.1) is 5.92 Å². The summed E-state index contributed by atoms with van der Waals surface area (Å²) in [5.41, 5.74) is 1.01. The summed E-state index contributed by atoms with van der Waals surface area (Å²) < 4.78 is 28.6. The van der Waals surface area contributed by atoms with Crippen molar-refractivity contribution in [3.05, 3.63) is 29.8 Å². The van der Waals surface area contributed by atoms with E-state index >= 15 is 0 Å². The molecule has 1 N–H and O–H groups in total. The van der Waals surface area contributed by atoms with Crippen molar-refractivity contribution in [3.63, 3.8) is 0 Å². The molecule has 0 amide bonds. The lowest BCUT2D eigenvalue weighted by Gasteiger charge is -2.22. The zero-order valence-electron chi connectivity index (χ0n) is 14.2. The van der Waals surface area contributed by atoms with Crippen molar-refractivity contribution in [1.82, 2.24) is 10.2 Å². The highest BCUT2D eigenvalue weighted by atomic mass is 127. The number of guanidine groups is 1. The maximum Gasteiger partial charge on any atom is 0.387 e. The molecule has 1 fully saturated rings. The van der Waals surface area contributed by atoms with Gasteiger partial charge in [-0.05, 0) is 36.5 Å². The van der Waals surface area contributed by atoms with Crippen molar-refractivity contribution in [2.75, 3.05) is 20.6 Å². The second-order valence-electron chi connectivity index (χ2n) is 5.94. The molecular weight excluding hydrogens is 427 g/mol. The first-order chi connectivity index (χ1) is 11.1. The minimum atomic E-state index is -2.79. The molecule has 7 heteroatoms. The fraction of sp³-hybridized carbons (Fsp3) is 0.588. The van der Waals surface area contributed by atoms with Crippen molar-refractivity contribution in [2.24, 2.45) is 10.9 Å². The number of rotatable bonds is 8. The maximum atomic E-state index is 12.1. The number of alkyl halides is 2. The SMILES string of the molecule is CN=C(NCCCC1CC1)N(C)Cc1ccc(OC(F)F)cc1.I. The van der Waals surface area contributed by atoms with Gasteiger partial charge in [0.2, 0.25) is 0 Å². The molecule has 2 rings (SSSR count). The third-order valence-corrected chi connectivity index (χ3v) is 3.91. The topological polar surface area (TPSA) is 36.9 Å². The first-order valence-corrected chi connectivity index (χ1v) is 8.04. The van der Waals surface area contributed by atoms with Gasteiger partial charge < -0.3 is 15.0 Å². The van der Waals surface area contributed by atoms with Gasteiger partial charge in [-0.3, -0.25) is 4.99 Å². The predicted molar refractivity (Wildman–Crippen MR) is 103 cm³/mol. The number of nitrogens with zero attached hydrogens (tertiary/aromatic N) is 2. The van der Waals surface area contributed by atoms with Gasteiger partial charge in [0.15, 0.2) is 5.96 Å². The molecule has 1 aromatic rings. The molecular formula is C17H26F2IN3O. The van der Waals surface area contributed by atoms with Crippen LogP contribution in [0.1, 0.15) is 31.2 Å². The average Bonchev–Trinajstić information content (AvgIpc) is 3.33. The molecule has 4 nitrogen and oxygen atoms in total. The van der Waals surface area contributed by atoms with E-state index in [0.717, 1.165) is 30.4 Å². The van der Waals surface area contributed by atoms with Crippen LogP contribution in [0.3, 0.4) is 0 Å². The van der Waals surface area contributed by atoms with Gasteiger partial charge in [0.25, 0.3) is 0 Å². The lowest BCUT2D eigenvalue weighted by molar-refractivity contribution is -0.0498. The van der Waals surface area contributed by atoms with E-state index in [4.69, 9.17) is 0 Å². The number of ether oxygens (including phenoxy) is 1. The number of hydrogen-bond acceptors (Lipinski definition) is 2. The Morgan fingerprint density at radius 1 is 1.33 bits per heavy atom. The van der Waals surface area contributed by atoms with Crippen molar-refractivity contribution < 1.29 is 13.5 Å². The fourth-order valence-corrected chi connectivity index (χ4v) is 2.51. The Morgan fingerprint density at radius 3 is 2.54 bits per heavy atom. The van der Waals surface area contributed by atoms with E-state index in [2.05, 4.69) is 15.0 Å². The summed E-state index contributed by atoms with van der Waals surface area (Å²) in [5, 5.41) is 3.36. The van der Waals surface area contributed by atoms with Gasteiger partial charge in [0, 0.05) is 27.2 Å². The minimum Gasteiger partial charge on any atom is -0.435 e. The Balaban J connectivity index is 0.00000288. The summed E-state index contributed by atoms with van der Waals surface area (Å²) in [5.74, 6) is 1.97. The molecule has 0 aromatic heterocycles. The molecule has 0 aliphatic heterocycles. The highest BCUT2D eigenvalue weighted by Crippen LogP contribution is 2.33. The molecule has 0 unspecified atom stereocenters. The summed E-state index contributed by atoms with van der Waals surface area (Å²) in [7, 11) is 3.72. The Labute approximate surface area is 159 Å². The smallest absolute Gasteiger partial charge is 0.387 e. The molecule has 1 aliphatic rings. The first kappa shape index (κ1) is 20.9. The van der Waals surface area contributed by atoms with E-state index in [0.29, 0.717) is 6.54 Å². The predicted octanol–water partition coefficient (Wildman–Crippen LogP) is 4.10. The minimum absolute atomic E-state index is 0.